The zero-order valence-corrected chi connectivity index (χ0v) is 11.4. The van der Waals surface area contributed by atoms with Crippen LogP contribution >= 0.6 is 11.3 Å². The van der Waals surface area contributed by atoms with E-state index in [9.17, 15) is 4.79 Å². The van der Waals surface area contributed by atoms with Crippen molar-refractivity contribution in [1.82, 2.24) is 9.88 Å². The molecule has 7 heteroatoms. The first-order valence-electron chi connectivity index (χ1n) is 5.86. The average Bonchev–Trinajstić information content (AvgIpc) is 2.86. The summed E-state index contributed by atoms with van der Waals surface area (Å²) in [7, 11) is 0. The highest BCUT2D eigenvalue weighted by Gasteiger charge is 2.20. The van der Waals surface area contributed by atoms with Gasteiger partial charge in [-0.25, -0.2) is 4.98 Å². The lowest BCUT2D eigenvalue weighted by atomic mass is 10.2. The third-order valence-electron chi connectivity index (χ3n) is 2.61. The summed E-state index contributed by atoms with van der Waals surface area (Å²) >= 11 is 1.43. The minimum Gasteiger partial charge on any atom is -0.378 e. The molecule has 2 rings (SSSR count). The monoisotopic (exact) mass is 278 g/mol. The summed E-state index contributed by atoms with van der Waals surface area (Å²) in [5.41, 5.74) is 0.980. The van der Waals surface area contributed by atoms with Gasteiger partial charge >= 0.3 is 0 Å². The van der Waals surface area contributed by atoms with E-state index >= 15 is 0 Å². The lowest BCUT2D eigenvalue weighted by Gasteiger charge is -2.26. The number of hydrogen-bond donors (Lipinski definition) is 1. The lowest BCUT2D eigenvalue weighted by molar-refractivity contribution is -0.130. The molecule has 0 unspecified atom stereocenters. The summed E-state index contributed by atoms with van der Waals surface area (Å²) < 4.78 is 5.18. The second-order valence-electron chi connectivity index (χ2n) is 4.01. The van der Waals surface area contributed by atoms with Crippen molar-refractivity contribution in [1.29, 1.82) is 5.26 Å². The first kappa shape index (κ1) is 13.5. The third kappa shape index (κ3) is 3.53. The Balaban J connectivity index is 2.02. The molecular formula is C12H14N4O2S. The maximum absolute atomic E-state index is 12.1. The number of aromatic nitrogens is 1. The van der Waals surface area contributed by atoms with Crippen molar-refractivity contribution in [2.24, 2.45) is 0 Å². The van der Waals surface area contributed by atoms with Gasteiger partial charge in [0.1, 0.15) is 11.6 Å². The van der Waals surface area contributed by atoms with E-state index < -0.39 is 0 Å². The van der Waals surface area contributed by atoms with Gasteiger partial charge in [0, 0.05) is 24.7 Å². The van der Waals surface area contributed by atoms with Gasteiger partial charge in [0.25, 0.3) is 5.91 Å². The van der Waals surface area contributed by atoms with Gasteiger partial charge in [-0.2, -0.15) is 5.26 Å². The van der Waals surface area contributed by atoms with Crippen LogP contribution in [0.2, 0.25) is 0 Å². The molecule has 0 spiro atoms. The normalized spacial score (nSPS) is 16.0. The van der Waals surface area contributed by atoms with E-state index in [0.29, 0.717) is 31.4 Å². The van der Waals surface area contributed by atoms with Gasteiger partial charge < -0.3 is 15.0 Å². The molecule has 19 heavy (non-hydrogen) atoms. The topological polar surface area (TPSA) is 78.2 Å². The van der Waals surface area contributed by atoms with Crippen molar-refractivity contribution in [2.45, 2.75) is 6.92 Å². The minimum absolute atomic E-state index is 0.0785. The molecule has 0 radical (unpaired) electrons. The van der Waals surface area contributed by atoms with Crippen LogP contribution in [0.5, 0.6) is 0 Å². The fourth-order valence-electron chi connectivity index (χ4n) is 1.63. The molecule has 1 aromatic rings. The van der Waals surface area contributed by atoms with Crippen LogP contribution < -0.4 is 5.32 Å². The van der Waals surface area contributed by atoms with Gasteiger partial charge in [-0.05, 0) is 6.92 Å². The maximum atomic E-state index is 12.1. The van der Waals surface area contributed by atoms with Crippen molar-refractivity contribution in [3.05, 3.63) is 22.8 Å². The highest BCUT2D eigenvalue weighted by molar-refractivity contribution is 7.13. The zero-order valence-electron chi connectivity index (χ0n) is 10.5. The number of nitrogens with one attached hydrogen (secondary N) is 1. The molecule has 100 valence electrons. The van der Waals surface area contributed by atoms with Gasteiger partial charge in [0.2, 0.25) is 0 Å². The number of anilines is 1. The van der Waals surface area contributed by atoms with E-state index in [1.165, 1.54) is 17.5 Å². The van der Waals surface area contributed by atoms with Crippen LogP contribution in [0, 0.1) is 18.3 Å². The predicted molar refractivity (Wildman–Crippen MR) is 71.6 cm³/mol. The number of thiazole rings is 1. The second kappa shape index (κ2) is 6.31. The Morgan fingerprint density at radius 2 is 2.37 bits per heavy atom. The summed E-state index contributed by atoms with van der Waals surface area (Å²) in [5, 5.41) is 14.5. The Morgan fingerprint density at radius 1 is 1.63 bits per heavy atom. The van der Waals surface area contributed by atoms with Crippen LogP contribution in [0.25, 0.3) is 0 Å². The van der Waals surface area contributed by atoms with Crippen LogP contribution in [0.15, 0.2) is 17.2 Å². The van der Waals surface area contributed by atoms with Crippen molar-refractivity contribution in [3.8, 4) is 6.07 Å². The van der Waals surface area contributed by atoms with Gasteiger partial charge in [0.15, 0.2) is 5.13 Å². The SMILES string of the molecule is Cc1csc(N/C=C(/C#N)C(=O)N2CCOCC2)n1. The number of ether oxygens (including phenoxy) is 1. The molecule has 1 saturated heterocycles. The number of rotatable bonds is 3. The summed E-state index contributed by atoms with van der Waals surface area (Å²) in [6.07, 6.45) is 1.41. The molecule has 1 aromatic heterocycles. The Hall–Kier alpha value is -1.91. The summed E-state index contributed by atoms with van der Waals surface area (Å²) in [5.74, 6) is -0.272. The van der Waals surface area contributed by atoms with Crippen LogP contribution in [0.3, 0.4) is 0 Å². The predicted octanol–water partition coefficient (Wildman–Crippen LogP) is 1.13. The Bertz CT molecular complexity index is 526. The number of carbonyl (C=O) groups excluding carboxylic acids is 1. The maximum Gasteiger partial charge on any atom is 0.266 e. The molecule has 0 atom stereocenters. The molecule has 0 bridgehead atoms. The number of nitrogens with zero attached hydrogens (tertiary/aromatic N) is 3. The number of morpholine rings is 1. The Kier molecular flexibility index (Phi) is 4.49. The third-order valence-corrected chi connectivity index (χ3v) is 3.50. The molecule has 1 aliphatic rings. The van der Waals surface area contributed by atoms with E-state index in [4.69, 9.17) is 10.00 Å². The van der Waals surface area contributed by atoms with E-state index in [1.54, 1.807) is 4.90 Å². The zero-order chi connectivity index (χ0) is 13.7. The van der Waals surface area contributed by atoms with Crippen LogP contribution in [-0.4, -0.2) is 42.1 Å². The average molecular weight is 278 g/mol. The van der Waals surface area contributed by atoms with Crippen LogP contribution in [-0.2, 0) is 9.53 Å². The van der Waals surface area contributed by atoms with Gasteiger partial charge in [-0.15, -0.1) is 11.3 Å². The van der Waals surface area contributed by atoms with Crippen molar-refractivity contribution >= 4 is 22.4 Å². The van der Waals surface area contributed by atoms with Gasteiger partial charge in [0.05, 0.1) is 18.9 Å². The molecule has 0 aromatic carbocycles. The molecule has 1 fully saturated rings. The first-order chi connectivity index (χ1) is 9.20. The Labute approximate surface area is 115 Å². The van der Waals surface area contributed by atoms with E-state index in [0.717, 1.165) is 5.69 Å². The smallest absolute Gasteiger partial charge is 0.266 e. The summed E-state index contributed by atoms with van der Waals surface area (Å²) in [4.78, 5) is 17.9. The molecule has 1 N–H and O–H groups in total. The summed E-state index contributed by atoms with van der Waals surface area (Å²) in [6.45, 7) is 3.96. The largest absolute Gasteiger partial charge is 0.378 e. The molecule has 1 amide bonds. The minimum atomic E-state index is -0.272. The molecule has 1 aliphatic heterocycles. The van der Waals surface area contributed by atoms with Crippen molar-refractivity contribution in [2.75, 3.05) is 31.6 Å². The highest BCUT2D eigenvalue weighted by Crippen LogP contribution is 2.15. The number of aryl methyl sites for hydroxylation is 1. The summed E-state index contributed by atoms with van der Waals surface area (Å²) in [6, 6.07) is 1.92. The highest BCUT2D eigenvalue weighted by atomic mass is 32.1. The standard InChI is InChI=1S/C12H14N4O2S/c1-9-8-19-12(15-9)14-7-10(6-13)11(17)16-2-4-18-5-3-16/h7-8H,2-5H2,1H3,(H,14,15)/b10-7-. The molecular weight excluding hydrogens is 264 g/mol. The lowest BCUT2D eigenvalue weighted by Crippen LogP contribution is -2.41. The van der Waals surface area contributed by atoms with E-state index in [-0.39, 0.29) is 11.5 Å². The van der Waals surface area contributed by atoms with Crippen LogP contribution in [0.4, 0.5) is 5.13 Å². The fourth-order valence-corrected chi connectivity index (χ4v) is 2.29. The van der Waals surface area contributed by atoms with Crippen LogP contribution in [0.1, 0.15) is 5.69 Å². The fraction of sp³-hybridized carbons (Fsp3) is 0.417. The number of nitriles is 1. The van der Waals surface area contributed by atoms with E-state index in [1.807, 2.05) is 18.4 Å². The molecule has 2 heterocycles. The molecule has 0 saturated carbocycles. The molecule has 0 aliphatic carbocycles. The quantitative estimate of drug-likeness (QED) is 0.662. The Morgan fingerprint density at radius 3 is 2.95 bits per heavy atom. The van der Waals surface area contributed by atoms with Crippen molar-refractivity contribution < 1.29 is 9.53 Å². The first-order valence-corrected chi connectivity index (χ1v) is 6.74. The van der Waals surface area contributed by atoms with Crippen molar-refractivity contribution in [3.63, 3.8) is 0 Å². The number of carbonyl (C=O) groups is 1. The van der Waals surface area contributed by atoms with Gasteiger partial charge in [-0.3, -0.25) is 4.79 Å². The van der Waals surface area contributed by atoms with Gasteiger partial charge in [-0.1, -0.05) is 0 Å². The second-order valence-corrected chi connectivity index (χ2v) is 4.87. The number of amides is 1. The molecule has 6 nitrogen and oxygen atoms in total. The van der Waals surface area contributed by atoms with E-state index in [2.05, 4.69) is 10.3 Å². The number of hydrogen-bond acceptors (Lipinski definition) is 6.